The number of rotatable bonds is 10. The van der Waals surface area contributed by atoms with Crippen LogP contribution in [0.5, 0.6) is 0 Å². The van der Waals surface area contributed by atoms with E-state index in [4.69, 9.17) is 0 Å². The van der Waals surface area contributed by atoms with Crippen molar-refractivity contribution in [1.82, 2.24) is 12.3 Å². The second-order valence-corrected chi connectivity index (χ2v) is 7.41. The summed E-state index contributed by atoms with van der Waals surface area (Å²) < 4.78 is 260. The number of alkyl halides is 19. The molecule has 26 heteroatoms. The number of quaternary nitrogens is 2. The average Bonchev–Trinajstić information content (AvgIpc) is 2.56. The van der Waals surface area contributed by atoms with Crippen LogP contribution < -0.4 is 22.1 Å². The highest BCUT2D eigenvalue weighted by Crippen LogP contribution is 2.66. The Labute approximate surface area is 190 Å². The lowest BCUT2D eigenvalue weighted by Crippen LogP contribution is -2.77. The van der Waals surface area contributed by atoms with Crippen molar-refractivity contribution in [3.63, 3.8) is 0 Å². The van der Waals surface area contributed by atoms with Crippen molar-refractivity contribution in [3.8, 4) is 0 Å². The molecule has 0 saturated carbocycles. The van der Waals surface area contributed by atoms with Crippen molar-refractivity contribution in [2.24, 2.45) is 0 Å². The molecule has 228 valence electrons. The van der Waals surface area contributed by atoms with Crippen molar-refractivity contribution < 1.29 is 102 Å². The van der Waals surface area contributed by atoms with Crippen LogP contribution in [0.2, 0.25) is 0 Å². The van der Waals surface area contributed by atoms with Crippen molar-refractivity contribution in [2.75, 3.05) is 6.61 Å². The molecule has 0 radical (unpaired) electrons. The van der Waals surface area contributed by atoms with Crippen molar-refractivity contribution in [3.05, 3.63) is 0 Å². The predicted molar refractivity (Wildman–Crippen MR) is 75.8 cm³/mol. The summed E-state index contributed by atoms with van der Waals surface area (Å²) in [5, 5.41) is 0. The fourth-order valence-corrected chi connectivity index (χ4v) is 2.31. The molecule has 0 aliphatic heterocycles. The van der Waals surface area contributed by atoms with Gasteiger partial charge in [0.1, 0.15) is 0 Å². The van der Waals surface area contributed by atoms with E-state index in [1.807, 2.05) is 0 Å². The van der Waals surface area contributed by atoms with Crippen LogP contribution in [0.1, 0.15) is 6.42 Å². The van der Waals surface area contributed by atoms with Crippen LogP contribution in [-0.4, -0.2) is 60.2 Å². The standard InChI is InChI=1S/C11H6F19O4P.2H3N/c12-3(13,1-2-34-35(31,32)33)5(15,16)7(19,20)9(23,24)8(21,22)6(17,18)4(14,10(25,26)27)11(28,29)30;;/h1-2H2,(H2,31,32,33);2*1H3. The van der Waals surface area contributed by atoms with Crippen LogP contribution in [0.25, 0.3) is 0 Å². The summed E-state index contributed by atoms with van der Waals surface area (Å²) in [6, 6.07) is 0. The number of phosphoric ester groups is 1. The smallest absolute Gasteiger partial charge is 0.438 e. The van der Waals surface area contributed by atoms with Gasteiger partial charge in [-0.2, -0.15) is 79.0 Å². The zero-order valence-corrected chi connectivity index (χ0v) is 18.1. The minimum Gasteiger partial charge on any atom is -0.790 e. The lowest BCUT2D eigenvalue weighted by Gasteiger charge is -2.45. The lowest BCUT2D eigenvalue weighted by atomic mass is 9.83. The third kappa shape index (κ3) is 5.99. The maximum atomic E-state index is 13.4. The van der Waals surface area contributed by atoms with E-state index in [1.165, 1.54) is 0 Å². The van der Waals surface area contributed by atoms with Crippen LogP contribution in [-0.2, 0) is 9.09 Å². The highest BCUT2D eigenvalue weighted by atomic mass is 31.2. The van der Waals surface area contributed by atoms with Crippen molar-refractivity contribution in [2.45, 2.75) is 60.0 Å². The Morgan fingerprint density at radius 2 is 0.784 bits per heavy atom. The molecule has 0 bridgehead atoms. The van der Waals surface area contributed by atoms with E-state index in [0.29, 0.717) is 0 Å². The van der Waals surface area contributed by atoms with E-state index in [2.05, 4.69) is 4.52 Å². The second kappa shape index (κ2) is 10.4. The number of hydrogen-bond acceptors (Lipinski definition) is 4. The summed E-state index contributed by atoms with van der Waals surface area (Å²) in [5.41, 5.74) is -8.83. The molecule has 0 amide bonds. The van der Waals surface area contributed by atoms with Gasteiger partial charge in [0.05, 0.1) is 14.4 Å². The molecule has 6 nitrogen and oxygen atoms in total. The zero-order valence-electron chi connectivity index (χ0n) is 17.2. The van der Waals surface area contributed by atoms with Crippen molar-refractivity contribution >= 4 is 7.82 Å². The van der Waals surface area contributed by atoms with E-state index in [-0.39, 0.29) is 12.3 Å². The van der Waals surface area contributed by atoms with Gasteiger partial charge in [-0.25, -0.2) is 4.39 Å². The molecule has 0 aromatic carbocycles. The van der Waals surface area contributed by atoms with E-state index in [1.54, 1.807) is 0 Å². The van der Waals surface area contributed by atoms with E-state index >= 15 is 0 Å². The molecule has 0 aromatic heterocycles. The fourth-order valence-electron chi connectivity index (χ4n) is 2.00. The van der Waals surface area contributed by atoms with Gasteiger partial charge in [-0.3, -0.25) is 0 Å². The monoisotopic (exact) mass is 628 g/mol. The van der Waals surface area contributed by atoms with Gasteiger partial charge in [-0.1, -0.05) is 0 Å². The molecular formula is C11H12F19N2O4P. The zero-order chi connectivity index (χ0) is 29.1. The largest absolute Gasteiger partial charge is 0.790 e. The molecule has 0 fully saturated rings. The maximum absolute atomic E-state index is 13.4. The Morgan fingerprint density at radius 1 is 0.514 bits per heavy atom. The Bertz CT molecular complexity index is 806. The molecule has 0 saturated heterocycles. The third-order valence-corrected chi connectivity index (χ3v) is 4.41. The SMILES string of the molecule is O=P([O-])([O-])OCCC(F)(F)C(F)(F)C(F)(F)C(F)(F)C(F)(F)C(F)(F)C(F)(C(F)(F)F)C(F)(F)F.[NH4+].[NH4+]. The van der Waals surface area contributed by atoms with E-state index < -0.39 is 74.4 Å². The van der Waals surface area contributed by atoms with Crippen LogP contribution in [0.15, 0.2) is 0 Å². The normalized spacial score (nSPS) is 15.7. The van der Waals surface area contributed by atoms with Crippen molar-refractivity contribution in [1.29, 1.82) is 0 Å². The first-order chi connectivity index (χ1) is 14.7. The molecule has 0 spiro atoms. The first kappa shape index (κ1) is 40.2. The summed E-state index contributed by atoms with van der Waals surface area (Å²) >= 11 is 0. The van der Waals surface area contributed by atoms with E-state index in [9.17, 15) is 97.8 Å². The second-order valence-electron chi connectivity index (χ2n) is 6.26. The molecule has 0 aromatic rings. The summed E-state index contributed by atoms with van der Waals surface area (Å²) in [4.78, 5) is 19.9. The maximum Gasteiger partial charge on any atom is 0.438 e. The van der Waals surface area contributed by atoms with Gasteiger partial charge in [0.15, 0.2) is 0 Å². The summed E-state index contributed by atoms with van der Waals surface area (Å²) in [6.45, 7) is -2.59. The van der Waals surface area contributed by atoms with Gasteiger partial charge < -0.3 is 31.2 Å². The number of halogens is 19. The molecule has 0 rings (SSSR count). The third-order valence-electron chi connectivity index (χ3n) is 3.92. The highest BCUT2D eigenvalue weighted by Gasteiger charge is 2.98. The Hall–Kier alpha value is -1.30. The van der Waals surface area contributed by atoms with Crippen LogP contribution in [0.3, 0.4) is 0 Å². The Balaban J connectivity index is -0.00000578. The molecule has 0 atom stereocenters. The van der Waals surface area contributed by atoms with E-state index in [0.717, 1.165) is 0 Å². The topological polar surface area (TPSA) is 145 Å². The van der Waals surface area contributed by atoms with Crippen LogP contribution in [0, 0.1) is 0 Å². The van der Waals surface area contributed by atoms with Gasteiger partial charge in [0, 0.05) is 6.42 Å². The average molecular weight is 628 g/mol. The fraction of sp³-hybridized carbons (Fsp3) is 1.00. The summed E-state index contributed by atoms with van der Waals surface area (Å²) in [7, 11) is -6.36. The quantitative estimate of drug-likeness (QED) is 0.239. The molecular weight excluding hydrogens is 616 g/mol. The minimum atomic E-state index is -9.14. The van der Waals surface area contributed by atoms with Gasteiger partial charge in [-0.05, 0) is 0 Å². The Kier molecular flexibility index (Phi) is 11.2. The van der Waals surface area contributed by atoms with Gasteiger partial charge >= 0.3 is 53.6 Å². The minimum absolute atomic E-state index is 0. The lowest BCUT2D eigenvalue weighted by molar-refractivity contribution is -0.472. The Morgan fingerprint density at radius 3 is 1.05 bits per heavy atom. The first-order valence-electron chi connectivity index (χ1n) is 7.46. The molecule has 0 aliphatic rings. The summed E-state index contributed by atoms with van der Waals surface area (Å²) in [6.07, 6.45) is -20.0. The molecule has 0 aliphatic carbocycles. The first-order valence-corrected chi connectivity index (χ1v) is 8.92. The number of hydrogen-bond donors (Lipinski definition) is 2. The van der Waals surface area contributed by atoms with Crippen LogP contribution >= 0.6 is 7.82 Å². The van der Waals surface area contributed by atoms with Gasteiger partial charge in [0.25, 0.3) is 0 Å². The van der Waals surface area contributed by atoms with Gasteiger partial charge in [-0.15, -0.1) is 0 Å². The molecule has 37 heavy (non-hydrogen) atoms. The van der Waals surface area contributed by atoms with Gasteiger partial charge in [0.2, 0.25) is 0 Å². The molecule has 0 heterocycles. The molecule has 8 N–H and O–H groups in total. The van der Waals surface area contributed by atoms with Crippen LogP contribution in [0.4, 0.5) is 83.4 Å². The number of phosphoric acid groups is 1. The highest BCUT2D eigenvalue weighted by molar-refractivity contribution is 7.43. The predicted octanol–water partition coefficient (Wildman–Crippen LogP) is 5.62. The summed E-state index contributed by atoms with van der Waals surface area (Å²) in [5.74, 6) is -51.1. The molecule has 0 unspecified atom stereocenters.